The summed E-state index contributed by atoms with van der Waals surface area (Å²) < 4.78 is 4.98. The second-order valence-corrected chi connectivity index (χ2v) is 4.65. The van der Waals surface area contributed by atoms with Crippen LogP contribution >= 0.6 is 0 Å². The number of piperidine rings is 1. The monoisotopic (exact) mass is 287 g/mol. The smallest absolute Gasteiger partial charge is 0.306 e. The van der Waals surface area contributed by atoms with Gasteiger partial charge in [0, 0.05) is 6.42 Å². The van der Waals surface area contributed by atoms with Gasteiger partial charge >= 0.3 is 5.97 Å². The molecule has 0 aromatic rings. The van der Waals surface area contributed by atoms with Crippen LogP contribution < -0.4 is 0 Å². The first-order valence-corrected chi connectivity index (χ1v) is 8.64. The molecule has 0 aliphatic carbocycles. The first-order valence-electron chi connectivity index (χ1n) is 8.64. The van der Waals surface area contributed by atoms with Gasteiger partial charge in [-0.3, -0.25) is 4.79 Å². The van der Waals surface area contributed by atoms with E-state index in [2.05, 4.69) is 11.8 Å². The Morgan fingerprint density at radius 1 is 1.10 bits per heavy atom. The number of ether oxygens (including phenoxy) is 1. The van der Waals surface area contributed by atoms with Crippen molar-refractivity contribution in [3.05, 3.63) is 0 Å². The third kappa shape index (κ3) is 11.3. The van der Waals surface area contributed by atoms with Gasteiger partial charge in [-0.1, -0.05) is 41.0 Å². The number of rotatable bonds is 6. The highest BCUT2D eigenvalue weighted by molar-refractivity contribution is 5.69. The molecule has 122 valence electrons. The fourth-order valence-corrected chi connectivity index (χ4v) is 2.25. The number of carbonyl (C=O) groups is 1. The molecule has 1 saturated heterocycles. The van der Waals surface area contributed by atoms with E-state index in [1.165, 1.54) is 19.4 Å². The van der Waals surface area contributed by atoms with E-state index in [1.54, 1.807) is 0 Å². The molecule has 1 heterocycles. The molecule has 0 saturated carbocycles. The zero-order chi connectivity index (χ0) is 15.8. The Labute approximate surface area is 127 Å². The van der Waals surface area contributed by atoms with Crippen LogP contribution in [0.1, 0.15) is 73.6 Å². The van der Waals surface area contributed by atoms with Crippen molar-refractivity contribution in [3.8, 4) is 0 Å². The zero-order valence-corrected chi connectivity index (χ0v) is 14.7. The van der Waals surface area contributed by atoms with Crippen molar-refractivity contribution in [2.45, 2.75) is 73.6 Å². The number of unbranched alkanes of at least 4 members (excludes halogenated alkanes) is 1. The Balaban J connectivity index is 0. The van der Waals surface area contributed by atoms with Gasteiger partial charge in [-0.05, 0) is 51.7 Å². The largest absolute Gasteiger partial charge is 0.466 e. The summed E-state index contributed by atoms with van der Waals surface area (Å²) in [5, 5.41) is 0. The number of hydrogen-bond acceptors (Lipinski definition) is 3. The molecule has 0 aromatic heterocycles. The predicted octanol–water partition coefficient (Wildman–Crippen LogP) is 4.50. The van der Waals surface area contributed by atoms with Gasteiger partial charge in [0.05, 0.1) is 6.61 Å². The third-order valence-electron chi connectivity index (χ3n) is 3.30. The van der Waals surface area contributed by atoms with E-state index >= 15 is 0 Å². The van der Waals surface area contributed by atoms with Crippen molar-refractivity contribution in [3.63, 3.8) is 0 Å². The standard InChI is InChI=1S/C13H25NO2.2C2H6/c1-3-5-8-14-9-6-12(7-10-14)11-13(15)16-4-2;2*1-2/h12H,3-11H2,1-2H3;2*1-2H3. The quantitative estimate of drug-likeness (QED) is 0.673. The van der Waals surface area contributed by atoms with Crippen molar-refractivity contribution in [1.29, 1.82) is 0 Å². The molecule has 3 heteroatoms. The van der Waals surface area contributed by atoms with Crippen LogP contribution in [0, 0.1) is 5.92 Å². The maximum absolute atomic E-state index is 11.3. The van der Waals surface area contributed by atoms with Crippen molar-refractivity contribution < 1.29 is 9.53 Å². The van der Waals surface area contributed by atoms with Crippen LogP contribution in [0.4, 0.5) is 0 Å². The molecule has 0 atom stereocenters. The first-order chi connectivity index (χ1) is 9.76. The molecule has 0 amide bonds. The molecular formula is C17H37NO2. The highest BCUT2D eigenvalue weighted by Crippen LogP contribution is 2.21. The van der Waals surface area contributed by atoms with Gasteiger partial charge in [0.2, 0.25) is 0 Å². The summed E-state index contributed by atoms with van der Waals surface area (Å²) >= 11 is 0. The van der Waals surface area contributed by atoms with Gasteiger partial charge in [-0.25, -0.2) is 0 Å². The Hall–Kier alpha value is -0.570. The molecule has 0 N–H and O–H groups in total. The summed E-state index contributed by atoms with van der Waals surface area (Å²) in [5.41, 5.74) is 0. The number of esters is 1. The zero-order valence-electron chi connectivity index (χ0n) is 14.7. The summed E-state index contributed by atoms with van der Waals surface area (Å²) in [6.07, 6.45) is 5.49. The number of nitrogens with zero attached hydrogens (tertiary/aromatic N) is 1. The van der Waals surface area contributed by atoms with Crippen molar-refractivity contribution in [1.82, 2.24) is 4.90 Å². The lowest BCUT2D eigenvalue weighted by molar-refractivity contribution is -0.144. The number of carbonyl (C=O) groups excluding carboxylic acids is 1. The van der Waals surface area contributed by atoms with Crippen LogP contribution in [0.25, 0.3) is 0 Å². The Bertz CT molecular complexity index is 199. The molecule has 0 unspecified atom stereocenters. The van der Waals surface area contributed by atoms with Crippen LogP contribution in [0.3, 0.4) is 0 Å². The van der Waals surface area contributed by atoms with Gasteiger partial charge in [0.25, 0.3) is 0 Å². The van der Waals surface area contributed by atoms with Crippen LogP contribution in [-0.2, 0) is 9.53 Å². The SMILES string of the molecule is CC.CC.CCCCN1CCC(CC(=O)OCC)CC1. The molecule has 0 spiro atoms. The molecular weight excluding hydrogens is 250 g/mol. The third-order valence-corrected chi connectivity index (χ3v) is 3.30. The van der Waals surface area contributed by atoms with E-state index < -0.39 is 0 Å². The van der Waals surface area contributed by atoms with Crippen LogP contribution in [0.15, 0.2) is 0 Å². The Kier molecular flexibility index (Phi) is 17.9. The lowest BCUT2D eigenvalue weighted by Crippen LogP contribution is -2.35. The van der Waals surface area contributed by atoms with Gasteiger partial charge in [0.15, 0.2) is 0 Å². The van der Waals surface area contributed by atoms with E-state index in [0.717, 1.165) is 25.9 Å². The Morgan fingerprint density at radius 2 is 1.65 bits per heavy atom. The first kappa shape index (κ1) is 21.7. The van der Waals surface area contributed by atoms with Gasteiger partial charge in [-0.2, -0.15) is 0 Å². The van der Waals surface area contributed by atoms with Gasteiger partial charge < -0.3 is 9.64 Å². The highest BCUT2D eigenvalue weighted by atomic mass is 16.5. The second kappa shape index (κ2) is 16.5. The molecule has 0 radical (unpaired) electrons. The minimum atomic E-state index is -0.0190. The maximum atomic E-state index is 11.3. The summed E-state index contributed by atoms with van der Waals surface area (Å²) in [6.45, 7) is 16.1. The lowest BCUT2D eigenvalue weighted by Gasteiger charge is -2.31. The molecule has 1 aliphatic rings. The topological polar surface area (TPSA) is 29.5 Å². The van der Waals surface area contributed by atoms with E-state index in [-0.39, 0.29) is 5.97 Å². The molecule has 1 aliphatic heterocycles. The summed E-state index contributed by atoms with van der Waals surface area (Å²) in [4.78, 5) is 13.8. The molecule has 1 fully saturated rings. The maximum Gasteiger partial charge on any atom is 0.306 e. The van der Waals surface area contributed by atoms with Crippen molar-refractivity contribution >= 4 is 5.97 Å². The average Bonchev–Trinajstić information content (AvgIpc) is 2.51. The predicted molar refractivity (Wildman–Crippen MR) is 88.0 cm³/mol. The fraction of sp³-hybridized carbons (Fsp3) is 0.941. The normalized spacial score (nSPS) is 15.5. The second-order valence-electron chi connectivity index (χ2n) is 4.65. The Morgan fingerprint density at radius 3 is 2.10 bits per heavy atom. The van der Waals surface area contributed by atoms with Gasteiger partial charge in [-0.15, -0.1) is 0 Å². The van der Waals surface area contributed by atoms with Crippen molar-refractivity contribution in [2.24, 2.45) is 5.92 Å². The summed E-state index contributed by atoms with van der Waals surface area (Å²) in [6, 6.07) is 0. The molecule has 1 rings (SSSR count). The summed E-state index contributed by atoms with van der Waals surface area (Å²) in [5.74, 6) is 0.534. The fourth-order valence-electron chi connectivity index (χ4n) is 2.25. The van der Waals surface area contributed by atoms with E-state index in [0.29, 0.717) is 18.9 Å². The van der Waals surface area contributed by atoms with Crippen LogP contribution in [-0.4, -0.2) is 37.1 Å². The number of likely N-dealkylation sites (tertiary alicyclic amines) is 1. The van der Waals surface area contributed by atoms with E-state index in [1.807, 2.05) is 34.6 Å². The van der Waals surface area contributed by atoms with Crippen molar-refractivity contribution in [2.75, 3.05) is 26.2 Å². The summed E-state index contributed by atoms with van der Waals surface area (Å²) in [7, 11) is 0. The average molecular weight is 287 g/mol. The molecule has 0 aromatic carbocycles. The molecule has 20 heavy (non-hydrogen) atoms. The van der Waals surface area contributed by atoms with E-state index in [4.69, 9.17) is 4.74 Å². The highest BCUT2D eigenvalue weighted by Gasteiger charge is 2.21. The van der Waals surface area contributed by atoms with Crippen LogP contribution in [0.2, 0.25) is 0 Å². The number of hydrogen-bond donors (Lipinski definition) is 0. The molecule has 0 bridgehead atoms. The lowest BCUT2D eigenvalue weighted by atomic mass is 9.93. The minimum absolute atomic E-state index is 0.0190. The van der Waals surface area contributed by atoms with Gasteiger partial charge in [0.1, 0.15) is 0 Å². The minimum Gasteiger partial charge on any atom is -0.466 e. The van der Waals surface area contributed by atoms with Crippen LogP contribution in [0.5, 0.6) is 0 Å². The molecule has 3 nitrogen and oxygen atoms in total. The van der Waals surface area contributed by atoms with E-state index in [9.17, 15) is 4.79 Å².